The van der Waals surface area contributed by atoms with Crippen molar-refractivity contribution in [1.82, 2.24) is 10.3 Å². The molecule has 0 saturated heterocycles. The number of carbonyl (C=O) groups is 1. The van der Waals surface area contributed by atoms with Crippen molar-refractivity contribution >= 4 is 46.1 Å². The third-order valence-electron chi connectivity index (χ3n) is 3.51. The smallest absolute Gasteiger partial charge is 0.270 e. The van der Waals surface area contributed by atoms with E-state index >= 15 is 0 Å². The lowest BCUT2D eigenvalue weighted by Gasteiger charge is -2.06. The number of nitrogens with one attached hydrogen (secondary N) is 1. The predicted octanol–water partition coefficient (Wildman–Crippen LogP) is 4.30. The summed E-state index contributed by atoms with van der Waals surface area (Å²) in [4.78, 5) is 26.7. The molecule has 9 heteroatoms. The van der Waals surface area contributed by atoms with E-state index in [4.69, 9.17) is 16.0 Å². The van der Waals surface area contributed by atoms with Crippen molar-refractivity contribution in [3.63, 3.8) is 0 Å². The predicted molar refractivity (Wildman–Crippen MR) is 99.8 cm³/mol. The van der Waals surface area contributed by atoms with E-state index < -0.39 is 10.8 Å². The number of carbonyl (C=O) groups excluding carboxylic acids is 1. The van der Waals surface area contributed by atoms with Gasteiger partial charge in [-0.3, -0.25) is 14.9 Å². The van der Waals surface area contributed by atoms with Gasteiger partial charge in [0.05, 0.1) is 15.5 Å². The van der Waals surface area contributed by atoms with Crippen LogP contribution in [0.1, 0.15) is 16.8 Å². The zero-order valence-corrected chi connectivity index (χ0v) is 15.0. The Morgan fingerprint density at radius 3 is 2.88 bits per heavy atom. The van der Waals surface area contributed by atoms with E-state index in [1.54, 1.807) is 0 Å². The number of thioether (sulfide) groups is 1. The number of nitro benzene ring substituents is 1. The number of rotatable bonds is 7. The molecule has 26 heavy (non-hydrogen) atoms. The van der Waals surface area contributed by atoms with Gasteiger partial charge >= 0.3 is 0 Å². The Labute approximate surface area is 157 Å². The number of oxazole rings is 1. The van der Waals surface area contributed by atoms with Crippen molar-refractivity contribution < 1.29 is 14.1 Å². The van der Waals surface area contributed by atoms with E-state index in [1.165, 1.54) is 30.0 Å². The van der Waals surface area contributed by atoms with Crippen molar-refractivity contribution in [2.75, 3.05) is 12.3 Å². The molecule has 0 radical (unpaired) electrons. The summed E-state index contributed by atoms with van der Waals surface area (Å²) < 4.78 is 5.60. The second kappa shape index (κ2) is 8.20. The van der Waals surface area contributed by atoms with Crippen molar-refractivity contribution in [2.24, 2.45) is 0 Å². The van der Waals surface area contributed by atoms with Crippen LogP contribution in [0.4, 0.5) is 5.69 Å². The summed E-state index contributed by atoms with van der Waals surface area (Å²) in [6, 6.07) is 11.3. The van der Waals surface area contributed by atoms with Gasteiger partial charge in [-0.05, 0) is 24.6 Å². The fraction of sp³-hybridized carbons (Fsp3) is 0.176. The van der Waals surface area contributed by atoms with E-state index in [1.807, 2.05) is 24.3 Å². The Morgan fingerprint density at radius 1 is 1.31 bits per heavy atom. The first-order chi connectivity index (χ1) is 12.5. The average Bonchev–Trinajstić information content (AvgIpc) is 3.04. The molecule has 3 rings (SSSR count). The first-order valence-electron chi connectivity index (χ1n) is 7.75. The van der Waals surface area contributed by atoms with Crippen molar-refractivity contribution in [1.29, 1.82) is 0 Å². The SMILES string of the molecule is O=C(NCCCSc1nc2ccccc2o1)c1cc([N+](=O)[O-])ccc1Cl. The van der Waals surface area contributed by atoms with Gasteiger partial charge in [-0.15, -0.1) is 0 Å². The number of nitro groups is 1. The Morgan fingerprint density at radius 2 is 2.12 bits per heavy atom. The number of benzene rings is 2. The number of amides is 1. The van der Waals surface area contributed by atoms with Crippen LogP contribution in [0.2, 0.25) is 5.02 Å². The summed E-state index contributed by atoms with van der Waals surface area (Å²) in [5.41, 5.74) is 1.46. The van der Waals surface area contributed by atoms with Gasteiger partial charge in [0.2, 0.25) is 0 Å². The topological polar surface area (TPSA) is 98.3 Å². The van der Waals surface area contributed by atoms with Gasteiger partial charge in [0.15, 0.2) is 5.58 Å². The molecule has 1 heterocycles. The second-order valence-electron chi connectivity index (χ2n) is 5.33. The minimum absolute atomic E-state index is 0.0903. The molecule has 1 amide bonds. The maximum Gasteiger partial charge on any atom is 0.270 e. The fourth-order valence-corrected chi connectivity index (χ4v) is 3.22. The second-order valence-corrected chi connectivity index (χ2v) is 6.78. The number of para-hydroxylation sites is 2. The number of non-ortho nitro benzene ring substituents is 1. The number of nitrogens with zero attached hydrogens (tertiary/aromatic N) is 2. The third kappa shape index (κ3) is 4.33. The number of fused-ring (bicyclic) bond motifs is 1. The van der Waals surface area contributed by atoms with Gasteiger partial charge in [0.25, 0.3) is 16.8 Å². The lowest BCUT2D eigenvalue weighted by atomic mass is 10.2. The normalized spacial score (nSPS) is 10.8. The van der Waals surface area contributed by atoms with Crippen LogP contribution in [0.3, 0.4) is 0 Å². The first-order valence-corrected chi connectivity index (χ1v) is 9.11. The van der Waals surface area contributed by atoms with Crippen molar-refractivity contribution in [3.05, 3.63) is 63.2 Å². The van der Waals surface area contributed by atoms with Crippen LogP contribution >= 0.6 is 23.4 Å². The molecule has 7 nitrogen and oxygen atoms in total. The van der Waals surface area contributed by atoms with Gasteiger partial charge in [0, 0.05) is 24.4 Å². The van der Waals surface area contributed by atoms with Crippen LogP contribution in [-0.2, 0) is 0 Å². The van der Waals surface area contributed by atoms with Crippen LogP contribution < -0.4 is 5.32 Å². The summed E-state index contributed by atoms with van der Waals surface area (Å²) in [6.45, 7) is 0.408. The Balaban J connectivity index is 1.48. The number of hydrogen-bond donors (Lipinski definition) is 1. The van der Waals surface area contributed by atoms with Gasteiger partial charge < -0.3 is 9.73 Å². The highest BCUT2D eigenvalue weighted by molar-refractivity contribution is 7.99. The Bertz CT molecular complexity index is 927. The average molecular weight is 392 g/mol. The molecule has 0 spiro atoms. The zero-order valence-electron chi connectivity index (χ0n) is 13.5. The molecule has 1 aromatic heterocycles. The minimum Gasteiger partial charge on any atom is -0.431 e. The van der Waals surface area contributed by atoms with E-state index in [-0.39, 0.29) is 16.3 Å². The molecule has 0 atom stereocenters. The summed E-state index contributed by atoms with van der Waals surface area (Å²) in [6.07, 6.45) is 0.682. The van der Waals surface area contributed by atoms with Gasteiger partial charge in [-0.1, -0.05) is 35.5 Å². The highest BCUT2D eigenvalue weighted by Gasteiger charge is 2.15. The van der Waals surface area contributed by atoms with Crippen LogP contribution in [0.25, 0.3) is 11.1 Å². The van der Waals surface area contributed by atoms with Crippen molar-refractivity contribution in [2.45, 2.75) is 11.6 Å². The molecule has 0 fully saturated rings. The largest absolute Gasteiger partial charge is 0.431 e. The number of halogens is 1. The van der Waals surface area contributed by atoms with Gasteiger partial charge in [-0.2, -0.15) is 0 Å². The third-order valence-corrected chi connectivity index (χ3v) is 4.76. The highest BCUT2D eigenvalue weighted by atomic mass is 35.5. The maximum absolute atomic E-state index is 12.1. The van der Waals surface area contributed by atoms with Gasteiger partial charge in [-0.25, -0.2) is 4.98 Å². The first kappa shape index (κ1) is 18.2. The van der Waals surface area contributed by atoms with Gasteiger partial charge in [0.1, 0.15) is 5.52 Å². The molecule has 0 saturated carbocycles. The molecule has 0 aliphatic heterocycles. The Hall–Kier alpha value is -2.58. The summed E-state index contributed by atoms with van der Waals surface area (Å²) in [7, 11) is 0. The molecule has 1 N–H and O–H groups in total. The van der Waals surface area contributed by atoms with E-state index in [2.05, 4.69) is 10.3 Å². The van der Waals surface area contributed by atoms with Crippen LogP contribution in [0, 0.1) is 10.1 Å². The lowest BCUT2D eigenvalue weighted by Crippen LogP contribution is -2.25. The monoisotopic (exact) mass is 391 g/mol. The molecule has 0 unspecified atom stereocenters. The quantitative estimate of drug-likeness (QED) is 0.279. The molecule has 2 aromatic carbocycles. The summed E-state index contributed by atoms with van der Waals surface area (Å²) >= 11 is 7.41. The Kier molecular flexibility index (Phi) is 5.75. The van der Waals surface area contributed by atoms with Crippen molar-refractivity contribution in [3.8, 4) is 0 Å². The molecular formula is C17H14ClN3O4S. The molecule has 0 aliphatic carbocycles. The minimum atomic E-state index is -0.565. The zero-order chi connectivity index (χ0) is 18.5. The molecule has 134 valence electrons. The molecule has 3 aromatic rings. The highest BCUT2D eigenvalue weighted by Crippen LogP contribution is 2.24. The van der Waals surface area contributed by atoms with Crippen LogP contribution in [-0.4, -0.2) is 28.1 Å². The van der Waals surface area contributed by atoms with Crippen LogP contribution in [0.15, 0.2) is 52.1 Å². The van der Waals surface area contributed by atoms with E-state index in [0.29, 0.717) is 23.9 Å². The standard InChI is InChI=1S/C17H14ClN3O4S/c18-13-7-6-11(21(23)24)10-12(13)16(22)19-8-3-9-26-17-20-14-4-1-2-5-15(14)25-17/h1-2,4-7,10H,3,8-9H2,(H,19,22). The molecular weight excluding hydrogens is 378 g/mol. The van der Waals surface area contributed by atoms with E-state index in [9.17, 15) is 14.9 Å². The fourth-order valence-electron chi connectivity index (χ4n) is 2.24. The van der Waals surface area contributed by atoms with E-state index in [0.717, 1.165) is 11.1 Å². The van der Waals surface area contributed by atoms with Crippen LogP contribution in [0.5, 0.6) is 0 Å². The maximum atomic E-state index is 12.1. The summed E-state index contributed by atoms with van der Waals surface area (Å²) in [5.74, 6) is 0.265. The molecule has 0 aliphatic rings. The number of hydrogen-bond acceptors (Lipinski definition) is 6. The molecule has 0 bridgehead atoms. The summed E-state index contributed by atoms with van der Waals surface area (Å²) in [5, 5.41) is 14.3. The number of aromatic nitrogens is 1. The lowest BCUT2D eigenvalue weighted by molar-refractivity contribution is -0.384.